The van der Waals surface area contributed by atoms with Crippen LogP contribution in [0.4, 0.5) is 0 Å². The third-order valence-corrected chi connectivity index (χ3v) is 3.91. The quantitative estimate of drug-likeness (QED) is 0.673. The standard InChI is InChI=1S/C18H27NO4/c1-14(18(21)22)13-19(2)17(20)8-6-4-5-7-15-9-11-16(23-3)12-10-15/h9-12,14H,4-8,13H2,1-3H3,(H,21,22). The van der Waals surface area contributed by atoms with Gasteiger partial charge in [0, 0.05) is 20.0 Å². The maximum absolute atomic E-state index is 11.9. The van der Waals surface area contributed by atoms with Crippen molar-refractivity contribution in [2.24, 2.45) is 5.92 Å². The van der Waals surface area contributed by atoms with E-state index in [1.807, 2.05) is 12.1 Å². The van der Waals surface area contributed by atoms with Crippen molar-refractivity contribution in [3.8, 4) is 5.75 Å². The normalized spacial score (nSPS) is 11.8. The Bertz CT molecular complexity index is 498. The zero-order valence-electron chi connectivity index (χ0n) is 14.2. The van der Waals surface area contributed by atoms with Gasteiger partial charge >= 0.3 is 5.97 Å². The minimum absolute atomic E-state index is 0.0162. The number of benzene rings is 1. The van der Waals surface area contributed by atoms with E-state index >= 15 is 0 Å². The van der Waals surface area contributed by atoms with E-state index in [-0.39, 0.29) is 12.5 Å². The molecule has 0 saturated heterocycles. The average molecular weight is 321 g/mol. The lowest BCUT2D eigenvalue weighted by Crippen LogP contribution is -2.33. The number of hydrogen-bond acceptors (Lipinski definition) is 3. The summed E-state index contributed by atoms with van der Waals surface area (Å²) < 4.78 is 5.12. The van der Waals surface area contributed by atoms with E-state index < -0.39 is 11.9 Å². The Hall–Kier alpha value is -2.04. The summed E-state index contributed by atoms with van der Waals surface area (Å²) in [6.07, 6.45) is 4.32. The molecule has 128 valence electrons. The highest BCUT2D eigenvalue weighted by atomic mass is 16.5. The Morgan fingerprint density at radius 2 is 1.83 bits per heavy atom. The van der Waals surface area contributed by atoms with E-state index in [1.165, 1.54) is 10.5 Å². The van der Waals surface area contributed by atoms with Crippen LogP contribution in [0.1, 0.15) is 38.2 Å². The first kappa shape index (κ1) is 19.0. The third kappa shape index (κ3) is 7.17. The first-order chi connectivity index (χ1) is 10.9. The average Bonchev–Trinajstić information content (AvgIpc) is 2.54. The molecule has 0 heterocycles. The Morgan fingerprint density at radius 1 is 1.17 bits per heavy atom. The first-order valence-corrected chi connectivity index (χ1v) is 8.03. The molecule has 1 aromatic carbocycles. The second-order valence-corrected chi connectivity index (χ2v) is 5.92. The molecule has 23 heavy (non-hydrogen) atoms. The number of carboxylic acid groups (broad SMARTS) is 1. The van der Waals surface area contributed by atoms with Crippen LogP contribution in [-0.2, 0) is 16.0 Å². The lowest BCUT2D eigenvalue weighted by Gasteiger charge is -2.19. The zero-order valence-corrected chi connectivity index (χ0v) is 14.2. The van der Waals surface area contributed by atoms with Crippen molar-refractivity contribution in [3.05, 3.63) is 29.8 Å². The van der Waals surface area contributed by atoms with Gasteiger partial charge in [0.05, 0.1) is 13.0 Å². The van der Waals surface area contributed by atoms with Gasteiger partial charge in [0.25, 0.3) is 0 Å². The van der Waals surface area contributed by atoms with Crippen molar-refractivity contribution in [1.82, 2.24) is 4.90 Å². The van der Waals surface area contributed by atoms with Gasteiger partial charge in [-0.1, -0.05) is 25.5 Å². The molecular formula is C18H27NO4. The number of carbonyl (C=O) groups is 2. The number of methoxy groups -OCH3 is 1. The number of rotatable bonds is 10. The van der Waals surface area contributed by atoms with E-state index in [4.69, 9.17) is 9.84 Å². The van der Waals surface area contributed by atoms with Gasteiger partial charge in [-0.05, 0) is 37.0 Å². The molecule has 0 fully saturated rings. The molecule has 0 aliphatic rings. The fourth-order valence-corrected chi connectivity index (χ4v) is 2.36. The summed E-state index contributed by atoms with van der Waals surface area (Å²) in [6.45, 7) is 1.88. The molecule has 1 unspecified atom stereocenters. The third-order valence-electron chi connectivity index (χ3n) is 3.91. The topological polar surface area (TPSA) is 66.8 Å². The zero-order chi connectivity index (χ0) is 17.2. The minimum atomic E-state index is -0.871. The van der Waals surface area contributed by atoms with Gasteiger partial charge < -0.3 is 14.7 Å². The number of nitrogens with zero attached hydrogens (tertiary/aromatic N) is 1. The number of carbonyl (C=O) groups excluding carboxylic acids is 1. The molecule has 0 aliphatic heterocycles. The number of hydrogen-bond donors (Lipinski definition) is 1. The molecule has 1 atom stereocenters. The Balaban J connectivity index is 2.18. The summed E-state index contributed by atoms with van der Waals surface area (Å²) in [5.74, 6) is -0.524. The van der Waals surface area contributed by atoms with Gasteiger partial charge in [-0.15, -0.1) is 0 Å². The van der Waals surface area contributed by atoms with Crippen molar-refractivity contribution in [1.29, 1.82) is 0 Å². The molecule has 0 bridgehead atoms. The molecule has 5 heteroatoms. The van der Waals surface area contributed by atoms with Crippen molar-refractivity contribution >= 4 is 11.9 Å². The molecule has 0 saturated carbocycles. The lowest BCUT2D eigenvalue weighted by molar-refractivity contribution is -0.142. The Kier molecular flexibility index (Phi) is 8.16. The van der Waals surface area contributed by atoms with E-state index in [2.05, 4.69) is 12.1 Å². The number of unbranched alkanes of at least 4 members (excludes halogenated alkanes) is 2. The summed E-state index contributed by atoms with van der Waals surface area (Å²) in [6, 6.07) is 8.03. The maximum atomic E-state index is 11.9. The second-order valence-electron chi connectivity index (χ2n) is 5.92. The van der Waals surface area contributed by atoms with Crippen molar-refractivity contribution in [2.75, 3.05) is 20.7 Å². The molecule has 0 aliphatic carbocycles. The number of aliphatic carboxylic acids is 1. The molecule has 1 N–H and O–H groups in total. The Morgan fingerprint density at radius 3 is 2.39 bits per heavy atom. The number of aryl methyl sites for hydroxylation is 1. The molecule has 0 aromatic heterocycles. The van der Waals surface area contributed by atoms with Crippen LogP contribution in [0.25, 0.3) is 0 Å². The first-order valence-electron chi connectivity index (χ1n) is 8.03. The molecule has 0 radical (unpaired) electrons. The summed E-state index contributed by atoms with van der Waals surface area (Å²) in [5, 5.41) is 8.85. The number of ether oxygens (including phenoxy) is 1. The van der Waals surface area contributed by atoms with Gasteiger partial charge in [-0.25, -0.2) is 0 Å². The summed E-state index contributed by atoms with van der Waals surface area (Å²) in [5.41, 5.74) is 1.27. The molecule has 1 amide bonds. The van der Waals surface area contributed by atoms with Crippen molar-refractivity contribution < 1.29 is 19.4 Å². The van der Waals surface area contributed by atoms with Crippen LogP contribution < -0.4 is 4.74 Å². The fraction of sp³-hybridized carbons (Fsp3) is 0.556. The van der Waals surface area contributed by atoms with Gasteiger partial charge in [-0.3, -0.25) is 9.59 Å². The van der Waals surface area contributed by atoms with Crippen LogP contribution in [0, 0.1) is 5.92 Å². The van der Waals surface area contributed by atoms with Crippen LogP contribution >= 0.6 is 0 Å². The van der Waals surface area contributed by atoms with Crippen LogP contribution in [-0.4, -0.2) is 42.6 Å². The second kappa shape index (κ2) is 9.87. The Labute approximate surface area is 138 Å². The molecule has 1 rings (SSSR count). The highest BCUT2D eigenvalue weighted by molar-refractivity contribution is 5.77. The molecule has 1 aromatic rings. The van der Waals surface area contributed by atoms with Gasteiger partial charge in [-0.2, -0.15) is 0 Å². The molecular weight excluding hydrogens is 294 g/mol. The SMILES string of the molecule is COc1ccc(CCCCCC(=O)N(C)CC(C)C(=O)O)cc1. The van der Waals surface area contributed by atoms with Crippen LogP contribution in [0.5, 0.6) is 5.75 Å². The summed E-state index contributed by atoms with van der Waals surface area (Å²) >= 11 is 0. The smallest absolute Gasteiger partial charge is 0.308 e. The van der Waals surface area contributed by atoms with Crippen LogP contribution in [0.15, 0.2) is 24.3 Å². The highest BCUT2D eigenvalue weighted by Crippen LogP contribution is 2.14. The van der Waals surface area contributed by atoms with E-state index in [0.717, 1.165) is 31.4 Å². The minimum Gasteiger partial charge on any atom is -0.497 e. The predicted molar refractivity (Wildman–Crippen MR) is 89.6 cm³/mol. The maximum Gasteiger partial charge on any atom is 0.308 e. The van der Waals surface area contributed by atoms with Crippen molar-refractivity contribution in [3.63, 3.8) is 0 Å². The summed E-state index contributed by atoms with van der Waals surface area (Å²) in [4.78, 5) is 24.2. The van der Waals surface area contributed by atoms with Gasteiger partial charge in [0.1, 0.15) is 5.75 Å². The number of carboxylic acids is 1. The van der Waals surface area contributed by atoms with E-state index in [9.17, 15) is 9.59 Å². The van der Waals surface area contributed by atoms with E-state index in [0.29, 0.717) is 6.42 Å². The lowest BCUT2D eigenvalue weighted by atomic mass is 10.1. The predicted octanol–water partition coefficient (Wildman–Crippen LogP) is 2.98. The van der Waals surface area contributed by atoms with Crippen LogP contribution in [0.2, 0.25) is 0 Å². The van der Waals surface area contributed by atoms with E-state index in [1.54, 1.807) is 21.1 Å². The fourth-order valence-electron chi connectivity index (χ4n) is 2.36. The monoisotopic (exact) mass is 321 g/mol. The number of amides is 1. The van der Waals surface area contributed by atoms with Gasteiger partial charge in [0.15, 0.2) is 0 Å². The van der Waals surface area contributed by atoms with Gasteiger partial charge in [0.2, 0.25) is 5.91 Å². The van der Waals surface area contributed by atoms with Crippen LogP contribution in [0.3, 0.4) is 0 Å². The highest BCUT2D eigenvalue weighted by Gasteiger charge is 2.16. The van der Waals surface area contributed by atoms with Crippen molar-refractivity contribution in [2.45, 2.75) is 39.0 Å². The molecule has 0 spiro atoms. The largest absolute Gasteiger partial charge is 0.497 e. The summed E-state index contributed by atoms with van der Waals surface area (Å²) in [7, 11) is 3.32. The molecule has 5 nitrogen and oxygen atoms in total.